The predicted octanol–water partition coefficient (Wildman–Crippen LogP) is 5.43. The Morgan fingerprint density at radius 3 is 2.54 bits per heavy atom. The Hall–Kier alpha value is -1.95. The van der Waals surface area contributed by atoms with Crippen LogP contribution < -0.4 is 0 Å². The van der Waals surface area contributed by atoms with E-state index in [1.165, 1.54) is 27.6 Å². The molecule has 0 atom stereocenters. The summed E-state index contributed by atoms with van der Waals surface area (Å²) in [6.45, 7) is 3.76. The van der Waals surface area contributed by atoms with Crippen LogP contribution in [0.5, 0.6) is 0 Å². The van der Waals surface area contributed by atoms with Gasteiger partial charge in [0.05, 0.1) is 4.90 Å². The van der Waals surface area contributed by atoms with Crippen LogP contribution >= 0.6 is 11.3 Å². The topological polar surface area (TPSA) is 54.4 Å². The van der Waals surface area contributed by atoms with Gasteiger partial charge >= 0.3 is 0 Å². The van der Waals surface area contributed by atoms with Crippen LogP contribution in [0.1, 0.15) is 28.7 Å². The quantitative estimate of drug-likeness (QED) is 0.599. The second-order valence-corrected chi connectivity index (χ2v) is 9.12. The lowest BCUT2D eigenvalue weighted by Crippen LogP contribution is -2.04. The van der Waals surface area contributed by atoms with E-state index < -0.39 is 10.1 Å². The molecule has 0 amide bonds. The number of hydrogen-bond acceptors (Lipinski definition) is 3. The number of benzene rings is 2. The molecule has 0 aliphatic heterocycles. The summed E-state index contributed by atoms with van der Waals surface area (Å²) in [5.41, 5.74) is 7.52. The zero-order chi connectivity index (χ0) is 18.5. The van der Waals surface area contributed by atoms with E-state index in [1.807, 2.05) is 13.0 Å². The van der Waals surface area contributed by atoms with E-state index in [1.54, 1.807) is 24.3 Å². The first-order valence-corrected chi connectivity index (χ1v) is 11.0. The highest BCUT2D eigenvalue weighted by atomic mass is 32.2. The SMILES string of the molecule is Cc1ccc(S(=O)(=O)O)c(C)c1-c1cccc2c1CCCc1ccsc1-2. The average molecular weight is 385 g/mol. The summed E-state index contributed by atoms with van der Waals surface area (Å²) in [4.78, 5) is 1.31. The van der Waals surface area contributed by atoms with Gasteiger partial charge in [-0.1, -0.05) is 24.3 Å². The van der Waals surface area contributed by atoms with E-state index in [4.69, 9.17) is 0 Å². The van der Waals surface area contributed by atoms with Gasteiger partial charge < -0.3 is 0 Å². The maximum absolute atomic E-state index is 11.8. The molecule has 1 N–H and O–H groups in total. The van der Waals surface area contributed by atoms with Crippen molar-refractivity contribution in [3.8, 4) is 21.6 Å². The molecule has 0 saturated carbocycles. The Morgan fingerprint density at radius 1 is 1.00 bits per heavy atom. The van der Waals surface area contributed by atoms with Crippen molar-refractivity contribution in [1.29, 1.82) is 0 Å². The molecule has 0 bridgehead atoms. The average Bonchev–Trinajstić information content (AvgIpc) is 2.96. The molecule has 1 heterocycles. The van der Waals surface area contributed by atoms with Gasteiger partial charge in [0.1, 0.15) is 0 Å². The molecule has 134 valence electrons. The first-order valence-electron chi connectivity index (χ1n) is 8.64. The Morgan fingerprint density at radius 2 is 1.77 bits per heavy atom. The molecule has 4 rings (SSSR count). The van der Waals surface area contributed by atoms with Crippen molar-refractivity contribution < 1.29 is 13.0 Å². The van der Waals surface area contributed by atoms with E-state index in [0.717, 1.165) is 36.0 Å². The molecule has 2 aromatic carbocycles. The lowest BCUT2D eigenvalue weighted by Gasteiger charge is -2.18. The molecule has 1 aliphatic rings. The highest BCUT2D eigenvalue weighted by Gasteiger charge is 2.23. The Balaban J connectivity index is 2.02. The molecule has 0 spiro atoms. The van der Waals surface area contributed by atoms with Gasteiger partial charge in [-0.25, -0.2) is 0 Å². The molecule has 5 heteroatoms. The van der Waals surface area contributed by atoms with Crippen molar-refractivity contribution >= 4 is 21.5 Å². The summed E-state index contributed by atoms with van der Waals surface area (Å²) in [5, 5.41) is 2.14. The Bertz CT molecular complexity index is 1110. The van der Waals surface area contributed by atoms with Gasteiger partial charge in [0, 0.05) is 4.88 Å². The molecule has 0 saturated heterocycles. The zero-order valence-corrected chi connectivity index (χ0v) is 16.4. The van der Waals surface area contributed by atoms with E-state index >= 15 is 0 Å². The largest absolute Gasteiger partial charge is 0.294 e. The van der Waals surface area contributed by atoms with Crippen LogP contribution in [0.2, 0.25) is 0 Å². The van der Waals surface area contributed by atoms with Gasteiger partial charge in [-0.15, -0.1) is 11.3 Å². The summed E-state index contributed by atoms with van der Waals surface area (Å²) >= 11 is 1.77. The molecule has 0 fully saturated rings. The number of rotatable bonds is 2. The highest BCUT2D eigenvalue weighted by molar-refractivity contribution is 7.85. The molecular weight excluding hydrogens is 364 g/mol. The standard InChI is InChI=1S/C21H20O3S2/c1-13-9-10-19(26(22,23)24)14(2)20(13)17-7-4-8-18-16(17)6-3-5-15-11-12-25-21(15)18/h4,7-12H,3,5-6H2,1-2H3,(H,22,23,24). The minimum Gasteiger partial charge on any atom is -0.282 e. The predicted molar refractivity (Wildman–Crippen MR) is 107 cm³/mol. The number of thiophene rings is 1. The van der Waals surface area contributed by atoms with Crippen molar-refractivity contribution in [2.24, 2.45) is 0 Å². The summed E-state index contributed by atoms with van der Waals surface area (Å²) in [5.74, 6) is 0. The number of fused-ring (bicyclic) bond motifs is 3. The molecular formula is C21H20O3S2. The van der Waals surface area contributed by atoms with Crippen LogP contribution in [0.15, 0.2) is 46.7 Å². The van der Waals surface area contributed by atoms with Crippen molar-refractivity contribution in [3.63, 3.8) is 0 Å². The summed E-state index contributed by atoms with van der Waals surface area (Å²) in [7, 11) is -4.25. The maximum Gasteiger partial charge on any atom is 0.294 e. The zero-order valence-electron chi connectivity index (χ0n) is 14.7. The second kappa shape index (κ2) is 6.34. The van der Waals surface area contributed by atoms with E-state index in [2.05, 4.69) is 23.6 Å². The van der Waals surface area contributed by atoms with Crippen molar-refractivity contribution in [1.82, 2.24) is 0 Å². The lowest BCUT2D eigenvalue weighted by atomic mass is 9.88. The summed E-state index contributed by atoms with van der Waals surface area (Å²) < 4.78 is 33.1. The van der Waals surface area contributed by atoms with Crippen molar-refractivity contribution in [3.05, 3.63) is 64.0 Å². The third-order valence-corrected chi connectivity index (χ3v) is 7.20. The van der Waals surface area contributed by atoms with Crippen molar-refractivity contribution in [2.75, 3.05) is 0 Å². The first kappa shape index (κ1) is 17.5. The van der Waals surface area contributed by atoms with Crippen LogP contribution in [0.25, 0.3) is 21.6 Å². The minimum absolute atomic E-state index is 0.0128. The van der Waals surface area contributed by atoms with Crippen LogP contribution in [-0.4, -0.2) is 13.0 Å². The Kier molecular flexibility index (Phi) is 4.26. The normalized spacial score (nSPS) is 13.8. The van der Waals surface area contributed by atoms with Crippen LogP contribution in [-0.2, 0) is 23.0 Å². The maximum atomic E-state index is 11.8. The number of hydrogen-bond donors (Lipinski definition) is 1. The summed E-state index contributed by atoms with van der Waals surface area (Å²) in [6.07, 6.45) is 3.10. The monoisotopic (exact) mass is 384 g/mol. The van der Waals surface area contributed by atoms with Gasteiger partial charge in [-0.2, -0.15) is 8.42 Å². The second-order valence-electron chi connectivity index (χ2n) is 6.82. The summed E-state index contributed by atoms with van der Waals surface area (Å²) in [6, 6.07) is 11.7. The number of aryl methyl sites for hydroxylation is 2. The Labute approximate surface area is 158 Å². The highest BCUT2D eigenvalue weighted by Crippen LogP contribution is 2.42. The van der Waals surface area contributed by atoms with E-state index in [9.17, 15) is 13.0 Å². The van der Waals surface area contributed by atoms with Gasteiger partial charge in [-0.05, 0) is 89.6 Å². The van der Waals surface area contributed by atoms with Crippen LogP contribution in [0.4, 0.5) is 0 Å². The van der Waals surface area contributed by atoms with Gasteiger partial charge in [0.25, 0.3) is 10.1 Å². The minimum atomic E-state index is -4.25. The molecule has 1 aromatic heterocycles. The first-order chi connectivity index (χ1) is 12.4. The van der Waals surface area contributed by atoms with E-state index in [0.29, 0.717) is 5.56 Å². The molecule has 3 nitrogen and oxygen atoms in total. The smallest absolute Gasteiger partial charge is 0.282 e. The molecule has 0 unspecified atom stereocenters. The van der Waals surface area contributed by atoms with Crippen LogP contribution in [0, 0.1) is 13.8 Å². The molecule has 1 aliphatic carbocycles. The van der Waals surface area contributed by atoms with Gasteiger partial charge in [0.2, 0.25) is 0 Å². The third kappa shape index (κ3) is 2.80. The fourth-order valence-electron chi connectivity index (χ4n) is 4.05. The van der Waals surface area contributed by atoms with Gasteiger partial charge in [-0.3, -0.25) is 4.55 Å². The molecule has 26 heavy (non-hydrogen) atoms. The van der Waals surface area contributed by atoms with Gasteiger partial charge in [0.15, 0.2) is 0 Å². The molecule has 0 radical (unpaired) electrons. The van der Waals surface area contributed by atoms with Crippen LogP contribution in [0.3, 0.4) is 0 Å². The van der Waals surface area contributed by atoms with E-state index in [-0.39, 0.29) is 4.90 Å². The van der Waals surface area contributed by atoms with Crippen molar-refractivity contribution in [2.45, 2.75) is 38.0 Å². The fourth-order valence-corrected chi connectivity index (χ4v) is 5.79. The fraction of sp³-hybridized carbons (Fsp3) is 0.238. The lowest BCUT2D eigenvalue weighted by molar-refractivity contribution is 0.482. The third-order valence-electron chi connectivity index (χ3n) is 5.21. The molecule has 3 aromatic rings.